The number of carbonyl (C=O) groups is 1. The molecule has 23 heavy (non-hydrogen) atoms. The number of halogens is 2. The zero-order chi connectivity index (χ0) is 16.4. The molecule has 114 valence electrons. The van der Waals surface area contributed by atoms with Gasteiger partial charge in [0.25, 0.3) is 0 Å². The van der Waals surface area contributed by atoms with E-state index in [1.54, 1.807) is 10.8 Å². The molecule has 0 unspecified atom stereocenters. The van der Waals surface area contributed by atoms with Gasteiger partial charge in [-0.2, -0.15) is 5.26 Å². The number of hydrogen-bond acceptors (Lipinski definition) is 2. The SMILES string of the molecule is N#Cc1cn(CC(=O)Nc2ccc(Cl)cc2F)c2ccccc12. The van der Waals surface area contributed by atoms with Crippen molar-refractivity contribution in [1.82, 2.24) is 4.57 Å². The van der Waals surface area contributed by atoms with E-state index >= 15 is 0 Å². The lowest BCUT2D eigenvalue weighted by atomic mass is 10.2. The van der Waals surface area contributed by atoms with E-state index in [-0.39, 0.29) is 17.3 Å². The van der Waals surface area contributed by atoms with Gasteiger partial charge in [0.2, 0.25) is 5.91 Å². The molecule has 3 aromatic rings. The number of nitriles is 1. The number of fused-ring (bicyclic) bond motifs is 1. The van der Waals surface area contributed by atoms with Gasteiger partial charge in [-0.15, -0.1) is 0 Å². The Morgan fingerprint density at radius 1 is 1.30 bits per heavy atom. The number of nitrogens with one attached hydrogen (secondary N) is 1. The zero-order valence-electron chi connectivity index (χ0n) is 11.9. The van der Waals surface area contributed by atoms with Crippen molar-refractivity contribution < 1.29 is 9.18 Å². The van der Waals surface area contributed by atoms with Crippen LogP contribution in [-0.4, -0.2) is 10.5 Å². The zero-order valence-corrected chi connectivity index (χ0v) is 12.6. The van der Waals surface area contributed by atoms with E-state index in [9.17, 15) is 9.18 Å². The Kier molecular flexibility index (Phi) is 4.00. The summed E-state index contributed by atoms with van der Waals surface area (Å²) in [5.74, 6) is -0.989. The van der Waals surface area contributed by atoms with E-state index in [4.69, 9.17) is 16.9 Å². The van der Waals surface area contributed by atoms with E-state index in [2.05, 4.69) is 11.4 Å². The largest absolute Gasteiger partial charge is 0.337 e. The van der Waals surface area contributed by atoms with E-state index in [0.717, 1.165) is 17.0 Å². The summed E-state index contributed by atoms with van der Waals surface area (Å²) < 4.78 is 15.4. The molecule has 1 amide bonds. The molecule has 1 heterocycles. The van der Waals surface area contributed by atoms with Crippen LogP contribution in [0.4, 0.5) is 10.1 Å². The minimum Gasteiger partial charge on any atom is -0.337 e. The second-order valence-corrected chi connectivity index (χ2v) is 5.41. The van der Waals surface area contributed by atoms with Gasteiger partial charge in [0.1, 0.15) is 18.4 Å². The molecule has 0 atom stereocenters. The van der Waals surface area contributed by atoms with E-state index in [1.807, 2.05) is 24.3 Å². The van der Waals surface area contributed by atoms with Gasteiger partial charge in [-0.1, -0.05) is 29.8 Å². The number of amides is 1. The van der Waals surface area contributed by atoms with Gasteiger partial charge in [-0.05, 0) is 24.3 Å². The number of aromatic nitrogens is 1. The van der Waals surface area contributed by atoms with E-state index in [1.165, 1.54) is 12.1 Å². The Balaban J connectivity index is 1.85. The number of nitrogens with zero attached hydrogens (tertiary/aromatic N) is 2. The number of carbonyl (C=O) groups excluding carboxylic acids is 1. The molecule has 1 N–H and O–H groups in total. The standard InChI is InChI=1S/C17H11ClFN3O/c18-12-5-6-15(14(19)7-12)21-17(23)10-22-9-11(8-20)13-3-1-2-4-16(13)22/h1-7,9H,10H2,(H,21,23). The average Bonchev–Trinajstić information content (AvgIpc) is 2.88. The number of anilines is 1. The molecule has 6 heteroatoms. The van der Waals surface area contributed by atoms with Crippen molar-refractivity contribution in [3.63, 3.8) is 0 Å². The summed E-state index contributed by atoms with van der Waals surface area (Å²) in [5.41, 5.74) is 1.33. The normalized spacial score (nSPS) is 10.5. The van der Waals surface area contributed by atoms with Crippen molar-refractivity contribution in [3.8, 4) is 6.07 Å². The van der Waals surface area contributed by atoms with Gasteiger partial charge < -0.3 is 9.88 Å². The molecule has 0 aliphatic rings. The van der Waals surface area contributed by atoms with Crippen LogP contribution in [0.3, 0.4) is 0 Å². The Morgan fingerprint density at radius 3 is 2.83 bits per heavy atom. The lowest BCUT2D eigenvalue weighted by molar-refractivity contribution is -0.116. The minimum atomic E-state index is -0.596. The number of rotatable bonds is 3. The van der Waals surface area contributed by atoms with Crippen LogP contribution in [0, 0.1) is 17.1 Å². The summed E-state index contributed by atoms with van der Waals surface area (Å²) in [6.07, 6.45) is 1.61. The minimum absolute atomic E-state index is 0.0236. The molecule has 0 aliphatic carbocycles. The number of para-hydroxylation sites is 1. The predicted molar refractivity (Wildman–Crippen MR) is 86.7 cm³/mol. The second-order valence-electron chi connectivity index (χ2n) is 4.97. The Bertz CT molecular complexity index is 943. The summed E-state index contributed by atoms with van der Waals surface area (Å²) in [6.45, 7) is -0.0236. The third-order valence-electron chi connectivity index (χ3n) is 3.43. The van der Waals surface area contributed by atoms with Crippen LogP contribution in [0.2, 0.25) is 5.02 Å². The van der Waals surface area contributed by atoms with E-state index < -0.39 is 11.7 Å². The molecular weight excluding hydrogens is 317 g/mol. The molecule has 0 aliphatic heterocycles. The van der Waals surface area contributed by atoms with Gasteiger partial charge in [0.15, 0.2) is 0 Å². The quantitative estimate of drug-likeness (QED) is 0.792. The van der Waals surface area contributed by atoms with E-state index in [0.29, 0.717) is 5.56 Å². The topological polar surface area (TPSA) is 57.8 Å². The monoisotopic (exact) mass is 327 g/mol. The Morgan fingerprint density at radius 2 is 2.09 bits per heavy atom. The molecule has 0 saturated carbocycles. The van der Waals surface area contributed by atoms with Crippen LogP contribution in [-0.2, 0) is 11.3 Å². The predicted octanol–water partition coefficient (Wildman–Crippen LogP) is 3.94. The highest BCUT2D eigenvalue weighted by Crippen LogP contribution is 2.22. The van der Waals surface area contributed by atoms with Crippen LogP contribution >= 0.6 is 11.6 Å². The van der Waals surface area contributed by atoms with Crippen LogP contribution in [0.5, 0.6) is 0 Å². The van der Waals surface area contributed by atoms with Gasteiger partial charge in [0.05, 0.1) is 11.3 Å². The van der Waals surface area contributed by atoms with Crippen LogP contribution < -0.4 is 5.32 Å². The molecule has 0 saturated heterocycles. The summed E-state index contributed by atoms with van der Waals surface area (Å²) in [7, 11) is 0. The lowest BCUT2D eigenvalue weighted by Crippen LogP contribution is -2.18. The number of hydrogen-bond donors (Lipinski definition) is 1. The maximum Gasteiger partial charge on any atom is 0.244 e. The van der Waals surface area contributed by atoms with Crippen molar-refractivity contribution >= 4 is 34.1 Å². The molecule has 0 fully saturated rings. The first-order chi connectivity index (χ1) is 11.1. The first kappa shape index (κ1) is 15.1. The maximum atomic E-state index is 13.7. The van der Waals surface area contributed by atoms with Crippen molar-refractivity contribution in [2.75, 3.05) is 5.32 Å². The average molecular weight is 328 g/mol. The Hall–Kier alpha value is -2.84. The van der Waals surface area contributed by atoms with Gasteiger partial charge in [-0.3, -0.25) is 4.79 Å². The summed E-state index contributed by atoms with van der Waals surface area (Å²) in [6, 6.07) is 13.4. The highest BCUT2D eigenvalue weighted by molar-refractivity contribution is 6.30. The molecule has 1 aromatic heterocycles. The van der Waals surface area contributed by atoms with Crippen molar-refractivity contribution in [1.29, 1.82) is 5.26 Å². The molecule has 0 radical (unpaired) electrons. The van der Waals surface area contributed by atoms with Crippen molar-refractivity contribution in [2.24, 2.45) is 0 Å². The summed E-state index contributed by atoms with van der Waals surface area (Å²) in [5, 5.41) is 12.7. The third-order valence-corrected chi connectivity index (χ3v) is 3.66. The second kappa shape index (κ2) is 6.11. The summed E-state index contributed by atoms with van der Waals surface area (Å²) >= 11 is 5.68. The van der Waals surface area contributed by atoms with Gasteiger partial charge in [-0.25, -0.2) is 4.39 Å². The lowest BCUT2D eigenvalue weighted by Gasteiger charge is -2.08. The highest BCUT2D eigenvalue weighted by Gasteiger charge is 2.12. The summed E-state index contributed by atoms with van der Waals surface area (Å²) in [4.78, 5) is 12.1. The third kappa shape index (κ3) is 3.03. The molecule has 2 aromatic carbocycles. The molecule has 0 spiro atoms. The van der Waals surface area contributed by atoms with Crippen molar-refractivity contribution in [2.45, 2.75) is 6.54 Å². The molecular formula is C17H11ClFN3O. The maximum absolute atomic E-state index is 13.7. The smallest absolute Gasteiger partial charge is 0.244 e. The van der Waals surface area contributed by atoms with Crippen molar-refractivity contribution in [3.05, 3.63) is 65.1 Å². The van der Waals surface area contributed by atoms with Crippen LogP contribution in [0.25, 0.3) is 10.9 Å². The first-order valence-corrected chi connectivity index (χ1v) is 7.19. The van der Waals surface area contributed by atoms with Gasteiger partial charge in [0, 0.05) is 22.1 Å². The first-order valence-electron chi connectivity index (χ1n) is 6.81. The van der Waals surface area contributed by atoms with Gasteiger partial charge >= 0.3 is 0 Å². The highest BCUT2D eigenvalue weighted by atomic mass is 35.5. The molecule has 3 rings (SSSR count). The fraction of sp³-hybridized carbons (Fsp3) is 0.0588. The fourth-order valence-corrected chi connectivity index (χ4v) is 2.56. The fourth-order valence-electron chi connectivity index (χ4n) is 2.40. The van der Waals surface area contributed by atoms with Crippen LogP contribution in [0.15, 0.2) is 48.7 Å². The Labute approximate surface area is 136 Å². The molecule has 0 bridgehead atoms. The number of benzene rings is 2. The molecule has 4 nitrogen and oxygen atoms in total. The van der Waals surface area contributed by atoms with Crippen LogP contribution in [0.1, 0.15) is 5.56 Å².